The van der Waals surface area contributed by atoms with Crippen LogP contribution in [0.2, 0.25) is 5.02 Å². The van der Waals surface area contributed by atoms with Crippen molar-refractivity contribution < 1.29 is 4.79 Å². The molecule has 2 aromatic rings. The number of guanidine groups is 1. The Morgan fingerprint density at radius 1 is 1.28 bits per heavy atom. The second-order valence-electron chi connectivity index (χ2n) is 8.33. The molecule has 2 atom stereocenters. The summed E-state index contributed by atoms with van der Waals surface area (Å²) in [4.78, 5) is 17.1. The van der Waals surface area contributed by atoms with Crippen LogP contribution in [0.3, 0.4) is 0 Å². The van der Waals surface area contributed by atoms with Gasteiger partial charge in [0.2, 0.25) is 5.91 Å². The molecule has 0 bridgehead atoms. The van der Waals surface area contributed by atoms with Crippen LogP contribution in [0.25, 0.3) is 5.69 Å². The van der Waals surface area contributed by atoms with Gasteiger partial charge in [0.25, 0.3) is 0 Å². The van der Waals surface area contributed by atoms with Crippen LogP contribution < -0.4 is 16.0 Å². The molecule has 7 nitrogen and oxygen atoms in total. The molecule has 9 heteroatoms. The van der Waals surface area contributed by atoms with Gasteiger partial charge in [0.05, 0.1) is 18.4 Å². The molecule has 1 aromatic heterocycles. The van der Waals surface area contributed by atoms with Gasteiger partial charge in [-0.2, -0.15) is 5.10 Å². The smallest absolute Gasteiger partial charge is 0.223 e. The van der Waals surface area contributed by atoms with Gasteiger partial charge in [-0.25, -0.2) is 9.67 Å². The molecule has 0 spiro atoms. The number of rotatable bonds is 7. The van der Waals surface area contributed by atoms with Crippen LogP contribution in [0.5, 0.6) is 0 Å². The topological polar surface area (TPSA) is 83.3 Å². The summed E-state index contributed by atoms with van der Waals surface area (Å²) < 4.78 is 1.82. The second kappa shape index (κ2) is 13.0. The van der Waals surface area contributed by atoms with Gasteiger partial charge in [0.15, 0.2) is 5.96 Å². The predicted molar refractivity (Wildman–Crippen MR) is 141 cm³/mol. The molecule has 0 radical (unpaired) electrons. The molecule has 1 heterocycles. The Hall–Kier alpha value is -1.81. The van der Waals surface area contributed by atoms with Crippen LogP contribution in [0.1, 0.15) is 52.0 Å². The van der Waals surface area contributed by atoms with Crippen molar-refractivity contribution in [2.75, 3.05) is 6.54 Å². The number of carbonyl (C=O) groups is 1. The summed E-state index contributed by atoms with van der Waals surface area (Å²) in [5.74, 6) is 1.00. The number of hydrogen-bond acceptors (Lipinski definition) is 3. The van der Waals surface area contributed by atoms with Crippen molar-refractivity contribution >= 4 is 47.4 Å². The highest BCUT2D eigenvalue weighted by atomic mass is 127. The summed E-state index contributed by atoms with van der Waals surface area (Å²) >= 11 is 5.96. The van der Waals surface area contributed by atoms with Crippen LogP contribution in [-0.4, -0.2) is 40.3 Å². The van der Waals surface area contributed by atoms with Crippen molar-refractivity contribution in [3.63, 3.8) is 0 Å². The number of aromatic nitrogens is 2. The Morgan fingerprint density at radius 2 is 2.03 bits per heavy atom. The molecule has 0 aliphatic heterocycles. The molecule has 1 aromatic carbocycles. The monoisotopic (exact) mass is 572 g/mol. The number of carbonyl (C=O) groups excluding carboxylic acids is 1. The minimum Gasteiger partial charge on any atom is -0.357 e. The predicted octanol–water partition coefficient (Wildman–Crippen LogP) is 4.28. The fourth-order valence-corrected chi connectivity index (χ4v) is 3.95. The van der Waals surface area contributed by atoms with E-state index in [1.807, 2.05) is 55.2 Å². The SMILES string of the molecule is CCNC(=NCc1cnn(-c2ccc(Cl)cc2)c1)NC1CCCC(C(=O)NC(C)C)C1.I. The lowest BCUT2D eigenvalue weighted by atomic mass is 9.85. The minimum atomic E-state index is 0. The number of amides is 1. The largest absolute Gasteiger partial charge is 0.357 e. The molecule has 176 valence electrons. The maximum absolute atomic E-state index is 12.4. The molecule has 32 heavy (non-hydrogen) atoms. The lowest BCUT2D eigenvalue weighted by Gasteiger charge is -2.30. The lowest BCUT2D eigenvalue weighted by Crippen LogP contribution is -2.47. The van der Waals surface area contributed by atoms with Gasteiger partial charge in [-0.05, 0) is 64.3 Å². The Balaban J connectivity index is 0.00000363. The molecule has 3 rings (SSSR count). The molecule has 0 saturated heterocycles. The fraction of sp³-hybridized carbons (Fsp3) is 0.522. The highest BCUT2D eigenvalue weighted by Gasteiger charge is 2.28. The molecule has 1 saturated carbocycles. The third-order valence-corrected chi connectivity index (χ3v) is 5.56. The van der Waals surface area contributed by atoms with Crippen LogP contribution >= 0.6 is 35.6 Å². The van der Waals surface area contributed by atoms with E-state index in [9.17, 15) is 4.79 Å². The lowest BCUT2D eigenvalue weighted by molar-refractivity contribution is -0.126. The van der Waals surface area contributed by atoms with Gasteiger partial charge in [0, 0.05) is 41.3 Å². The zero-order chi connectivity index (χ0) is 22.2. The number of halogens is 2. The van der Waals surface area contributed by atoms with Crippen molar-refractivity contribution in [1.82, 2.24) is 25.7 Å². The summed E-state index contributed by atoms with van der Waals surface area (Å²) in [5, 5.41) is 15.0. The van der Waals surface area contributed by atoms with E-state index in [2.05, 4.69) is 28.0 Å². The standard InChI is InChI=1S/C23H33ClN6O.HI/c1-4-25-23(29-20-7-5-6-18(12-20)22(31)28-16(2)3)26-13-17-14-27-30(15-17)21-10-8-19(24)9-11-21;/h8-11,14-16,18,20H,4-7,12-13H2,1-3H3,(H,28,31)(H2,25,26,29);1H. The molecule has 1 fully saturated rings. The Bertz CT molecular complexity index is 883. The van der Waals surface area contributed by atoms with Crippen molar-refractivity contribution in [3.8, 4) is 5.69 Å². The highest BCUT2D eigenvalue weighted by Crippen LogP contribution is 2.24. The van der Waals surface area contributed by atoms with Crippen LogP contribution in [0.15, 0.2) is 41.7 Å². The maximum Gasteiger partial charge on any atom is 0.223 e. The van der Waals surface area contributed by atoms with Gasteiger partial charge in [-0.3, -0.25) is 4.79 Å². The minimum absolute atomic E-state index is 0. The average molecular weight is 573 g/mol. The zero-order valence-corrected chi connectivity index (χ0v) is 22.1. The molecule has 1 aliphatic carbocycles. The summed E-state index contributed by atoms with van der Waals surface area (Å²) in [7, 11) is 0. The van der Waals surface area contributed by atoms with Gasteiger partial charge in [-0.1, -0.05) is 18.0 Å². The molecule has 1 aliphatic rings. The van der Waals surface area contributed by atoms with E-state index in [-0.39, 0.29) is 47.9 Å². The quantitative estimate of drug-likeness (QED) is 0.263. The Kier molecular flexibility index (Phi) is 10.8. The normalized spacial score (nSPS) is 18.7. The molecular weight excluding hydrogens is 539 g/mol. The average Bonchev–Trinajstić information content (AvgIpc) is 3.21. The van der Waals surface area contributed by atoms with E-state index in [1.54, 1.807) is 0 Å². The number of aliphatic imine (C=N–C) groups is 1. The van der Waals surface area contributed by atoms with Gasteiger partial charge < -0.3 is 16.0 Å². The van der Waals surface area contributed by atoms with Crippen molar-refractivity contribution in [2.45, 2.75) is 65.1 Å². The van der Waals surface area contributed by atoms with Gasteiger partial charge >= 0.3 is 0 Å². The Morgan fingerprint density at radius 3 is 2.72 bits per heavy atom. The maximum atomic E-state index is 12.4. The number of nitrogens with one attached hydrogen (secondary N) is 3. The van der Waals surface area contributed by atoms with Crippen molar-refractivity contribution in [3.05, 3.63) is 47.2 Å². The Labute approximate surface area is 212 Å². The summed E-state index contributed by atoms with van der Waals surface area (Å²) in [6.07, 6.45) is 7.68. The van der Waals surface area contributed by atoms with Gasteiger partial charge in [-0.15, -0.1) is 24.0 Å². The summed E-state index contributed by atoms with van der Waals surface area (Å²) in [5.41, 5.74) is 1.97. The second-order valence-corrected chi connectivity index (χ2v) is 8.77. The van der Waals surface area contributed by atoms with Crippen molar-refractivity contribution in [1.29, 1.82) is 0 Å². The summed E-state index contributed by atoms with van der Waals surface area (Å²) in [6, 6.07) is 7.98. The van der Waals surface area contributed by atoms with E-state index >= 15 is 0 Å². The fourth-order valence-electron chi connectivity index (χ4n) is 3.82. The first-order valence-corrected chi connectivity index (χ1v) is 11.5. The molecular formula is C23H34ClIN6O. The van der Waals surface area contributed by atoms with E-state index in [1.165, 1.54) is 0 Å². The molecule has 2 unspecified atom stereocenters. The van der Waals surface area contributed by atoms with Crippen molar-refractivity contribution in [2.24, 2.45) is 10.9 Å². The first-order valence-electron chi connectivity index (χ1n) is 11.1. The van der Waals surface area contributed by atoms with Crippen LogP contribution in [-0.2, 0) is 11.3 Å². The summed E-state index contributed by atoms with van der Waals surface area (Å²) in [6.45, 7) is 7.35. The van der Waals surface area contributed by atoms with Crippen LogP contribution in [0, 0.1) is 5.92 Å². The van der Waals surface area contributed by atoms with E-state index in [4.69, 9.17) is 16.6 Å². The van der Waals surface area contributed by atoms with Gasteiger partial charge in [0.1, 0.15) is 0 Å². The molecule has 3 N–H and O–H groups in total. The first-order chi connectivity index (χ1) is 14.9. The first kappa shape index (κ1) is 26.4. The number of hydrogen-bond donors (Lipinski definition) is 3. The number of nitrogens with zero attached hydrogens (tertiary/aromatic N) is 3. The van der Waals surface area contributed by atoms with E-state index in [0.717, 1.165) is 49.4 Å². The zero-order valence-electron chi connectivity index (χ0n) is 19.0. The van der Waals surface area contributed by atoms with Crippen LogP contribution in [0.4, 0.5) is 0 Å². The third kappa shape index (κ3) is 7.95. The number of benzene rings is 1. The van der Waals surface area contributed by atoms with E-state index < -0.39 is 0 Å². The molecule has 1 amide bonds. The van der Waals surface area contributed by atoms with E-state index in [0.29, 0.717) is 11.6 Å². The third-order valence-electron chi connectivity index (χ3n) is 5.31. The highest BCUT2D eigenvalue weighted by molar-refractivity contribution is 14.0.